The molecule has 0 aliphatic rings. The van der Waals surface area contributed by atoms with Crippen LogP contribution in [0.4, 0.5) is 0 Å². The Hall–Kier alpha value is 0.337. The van der Waals surface area contributed by atoms with Gasteiger partial charge >= 0.3 is 238 Å². The van der Waals surface area contributed by atoms with Gasteiger partial charge in [-0.2, -0.15) is 0 Å². The number of thiophene rings is 2. The van der Waals surface area contributed by atoms with Crippen LogP contribution in [0.2, 0.25) is 29.6 Å². The van der Waals surface area contributed by atoms with E-state index in [0.29, 0.717) is 0 Å². The number of hydrogen-bond acceptors (Lipinski definition) is 4. The van der Waals surface area contributed by atoms with Crippen molar-refractivity contribution in [1.29, 1.82) is 0 Å². The first-order valence-electron chi connectivity index (χ1n) is 15.4. The van der Waals surface area contributed by atoms with Crippen molar-refractivity contribution in [2.24, 2.45) is 0 Å². The van der Waals surface area contributed by atoms with Gasteiger partial charge in [-0.15, -0.1) is 0 Å². The number of fused-ring (bicyclic) bond motifs is 2. The fraction of sp³-hybridized carbons (Fsp3) is 0.688. The maximum atomic E-state index is 6.73. The molecule has 3 rings (SSSR count). The van der Waals surface area contributed by atoms with Crippen LogP contribution in [0.1, 0.15) is 90.9 Å². The molecule has 0 aliphatic heterocycles. The van der Waals surface area contributed by atoms with E-state index in [9.17, 15) is 0 Å². The van der Waals surface area contributed by atoms with E-state index in [1.807, 2.05) is 22.7 Å². The van der Waals surface area contributed by atoms with Gasteiger partial charge in [0, 0.05) is 0 Å². The Kier molecular flexibility index (Phi) is 13.4. The van der Waals surface area contributed by atoms with Crippen LogP contribution in [0.25, 0.3) is 20.2 Å². The Balaban J connectivity index is 1.96. The molecule has 0 amide bonds. The van der Waals surface area contributed by atoms with Gasteiger partial charge in [0.2, 0.25) is 0 Å². The summed E-state index contributed by atoms with van der Waals surface area (Å²) >= 11 is -0.469. The van der Waals surface area contributed by atoms with Gasteiger partial charge in [-0.1, -0.05) is 13.8 Å². The van der Waals surface area contributed by atoms with Gasteiger partial charge in [0.05, 0.1) is 0 Å². The number of rotatable bonds is 18. The van der Waals surface area contributed by atoms with Crippen molar-refractivity contribution < 1.29 is 9.47 Å². The Morgan fingerprint density at radius 2 is 0.868 bits per heavy atom. The summed E-state index contributed by atoms with van der Waals surface area (Å²) in [5.41, 5.74) is 0. The molecule has 0 saturated carbocycles. The molecule has 1 aromatic carbocycles. The predicted molar refractivity (Wildman–Crippen MR) is 181 cm³/mol. The van der Waals surface area contributed by atoms with Crippen LogP contribution in [0.15, 0.2) is 12.1 Å². The van der Waals surface area contributed by atoms with Gasteiger partial charge < -0.3 is 0 Å². The van der Waals surface area contributed by atoms with Crippen LogP contribution >= 0.6 is 22.7 Å². The van der Waals surface area contributed by atoms with Crippen molar-refractivity contribution in [2.45, 2.75) is 121 Å². The van der Waals surface area contributed by atoms with Crippen molar-refractivity contribution in [1.82, 2.24) is 0 Å². The molecule has 0 unspecified atom stereocenters. The van der Waals surface area contributed by atoms with E-state index >= 15 is 0 Å². The van der Waals surface area contributed by atoms with E-state index in [0.717, 1.165) is 37.6 Å². The van der Waals surface area contributed by atoms with E-state index in [-0.39, 0.29) is 0 Å². The second kappa shape index (κ2) is 15.5. The molecule has 2 aromatic heterocycles. The summed E-state index contributed by atoms with van der Waals surface area (Å²) in [4.78, 5) is 15.2. The van der Waals surface area contributed by atoms with Crippen molar-refractivity contribution in [3.05, 3.63) is 12.1 Å². The summed E-state index contributed by atoms with van der Waals surface area (Å²) in [6, 6.07) is 5.01. The normalized spacial score (nSPS) is 12.6. The monoisotopic (exact) mass is 774 g/mol. The molecular formula is C32H54O2S2Sn2. The average Bonchev–Trinajstić information content (AvgIpc) is 3.49. The second-order valence-corrected chi connectivity index (χ2v) is 46.0. The van der Waals surface area contributed by atoms with Gasteiger partial charge in [0.25, 0.3) is 0 Å². The van der Waals surface area contributed by atoms with Gasteiger partial charge in [0.1, 0.15) is 0 Å². The van der Waals surface area contributed by atoms with E-state index in [1.165, 1.54) is 84.4 Å². The van der Waals surface area contributed by atoms with Crippen LogP contribution in [0.5, 0.6) is 11.5 Å². The minimum atomic E-state index is -2.25. The third kappa shape index (κ3) is 9.17. The van der Waals surface area contributed by atoms with Crippen LogP contribution in [0, 0.1) is 0 Å². The molecule has 0 bridgehead atoms. The predicted octanol–water partition coefficient (Wildman–Crippen LogP) is 10.7. The molecule has 2 heterocycles. The van der Waals surface area contributed by atoms with E-state index in [2.05, 4.69) is 55.6 Å². The number of hydrogen-bond donors (Lipinski definition) is 0. The molecule has 0 aliphatic carbocycles. The van der Waals surface area contributed by atoms with Crippen LogP contribution in [-0.4, -0.2) is 50.0 Å². The maximum absolute atomic E-state index is 6.73. The first-order chi connectivity index (χ1) is 18.1. The summed E-state index contributed by atoms with van der Waals surface area (Å²) in [5.74, 6) is 2.31. The first kappa shape index (κ1) is 32.8. The third-order valence-corrected chi connectivity index (χ3v) is 28.5. The molecule has 2 nitrogen and oxygen atoms in total. The van der Waals surface area contributed by atoms with Crippen LogP contribution < -0.4 is 15.3 Å². The van der Waals surface area contributed by atoms with E-state index in [4.69, 9.17) is 9.47 Å². The summed E-state index contributed by atoms with van der Waals surface area (Å²) < 4.78 is 19.4. The zero-order valence-electron chi connectivity index (χ0n) is 25.7. The molecule has 0 atom stereocenters. The van der Waals surface area contributed by atoms with E-state index in [1.54, 1.807) is 5.79 Å². The standard InChI is InChI=1S/C26H36O2S2.6CH3.2Sn/c1-3-5-7-9-11-13-17-27-23-21-15-19-30-26(21)24(22-16-20-29-25(22)23)28-18-14-12-10-8-6-4-2;;;;;;;;/h15-16H,3-14,17-18H2,1-2H3;6*1H3;;. The average molecular weight is 772 g/mol. The third-order valence-electron chi connectivity index (χ3n) is 7.33. The fourth-order valence-corrected chi connectivity index (χ4v) is 17.6. The zero-order valence-corrected chi connectivity index (χ0v) is 33.0. The molecule has 3 aromatic rings. The fourth-order valence-electron chi connectivity index (χ4n) is 4.84. The quantitative estimate of drug-likeness (QED) is 0.0947. The molecule has 6 heteroatoms. The summed E-state index contributed by atoms with van der Waals surface area (Å²) in [5, 5.41) is 2.65. The number of ether oxygens (including phenoxy) is 2. The second-order valence-electron chi connectivity index (χ2n) is 13.1. The molecule has 214 valence electrons. The summed E-state index contributed by atoms with van der Waals surface area (Å²) in [6.07, 6.45) is 15.5. The van der Waals surface area contributed by atoms with Gasteiger partial charge in [0.15, 0.2) is 0 Å². The molecule has 0 N–H and O–H groups in total. The molecule has 0 spiro atoms. The SMILES string of the molecule is CCCCCCCCOc1c2c[c]([Sn]([CH3])([CH3])[CH3])sc2c(OCCCCCCCC)c2c[c]([Sn]([CH3])([CH3])[CH3])sc12. The van der Waals surface area contributed by atoms with Gasteiger partial charge in [-0.05, 0) is 0 Å². The molecule has 0 fully saturated rings. The van der Waals surface area contributed by atoms with Crippen LogP contribution in [0.3, 0.4) is 0 Å². The number of benzene rings is 1. The van der Waals surface area contributed by atoms with Crippen molar-refractivity contribution in [3.8, 4) is 11.5 Å². The summed E-state index contributed by atoms with van der Waals surface area (Å²) in [7, 11) is 0. The van der Waals surface area contributed by atoms with Gasteiger partial charge in [-0.3, -0.25) is 0 Å². The molecule has 38 heavy (non-hydrogen) atoms. The number of unbranched alkanes of at least 4 members (excludes halogenated alkanes) is 10. The Labute approximate surface area is 250 Å². The topological polar surface area (TPSA) is 18.5 Å². The summed E-state index contributed by atoms with van der Waals surface area (Å²) in [6.45, 7) is 6.22. The van der Waals surface area contributed by atoms with Gasteiger partial charge in [-0.25, -0.2) is 0 Å². The van der Waals surface area contributed by atoms with Crippen molar-refractivity contribution in [2.75, 3.05) is 13.2 Å². The van der Waals surface area contributed by atoms with Crippen molar-refractivity contribution >= 4 is 85.4 Å². The Morgan fingerprint density at radius 3 is 1.21 bits per heavy atom. The molecule has 0 saturated heterocycles. The van der Waals surface area contributed by atoms with Crippen molar-refractivity contribution in [3.63, 3.8) is 0 Å². The molecular weight excluding hydrogens is 718 g/mol. The first-order valence-corrected chi connectivity index (χ1v) is 37.0. The zero-order chi connectivity index (χ0) is 27.8. The minimum absolute atomic E-state index is 0.824. The molecule has 0 radical (unpaired) electrons. The Morgan fingerprint density at radius 1 is 0.526 bits per heavy atom. The van der Waals surface area contributed by atoms with Crippen LogP contribution in [-0.2, 0) is 0 Å². The van der Waals surface area contributed by atoms with E-state index < -0.39 is 36.8 Å². The Bertz CT molecular complexity index is 992.